The van der Waals surface area contributed by atoms with Crippen LogP contribution in [0.5, 0.6) is 0 Å². The van der Waals surface area contributed by atoms with E-state index in [2.05, 4.69) is 0 Å². The van der Waals surface area contributed by atoms with Crippen molar-refractivity contribution in [3.63, 3.8) is 0 Å². The first kappa shape index (κ1) is 31.5. The number of halogens is 9. The number of hydrogen-bond donors (Lipinski definition) is 0. The Hall–Kier alpha value is -3.45. The minimum absolute atomic E-state index is 0.0214. The highest BCUT2D eigenvalue weighted by molar-refractivity contribution is 5.91. The molecule has 0 saturated heterocycles. The van der Waals surface area contributed by atoms with Crippen LogP contribution >= 0.6 is 0 Å². The van der Waals surface area contributed by atoms with Crippen molar-refractivity contribution in [1.82, 2.24) is 4.90 Å². The highest BCUT2D eigenvalue weighted by Gasteiger charge is 2.47. The van der Waals surface area contributed by atoms with Gasteiger partial charge in [-0.1, -0.05) is 0 Å². The smallest absolute Gasteiger partial charge is 0.416 e. The largest absolute Gasteiger partial charge is 0.446 e. The molecule has 42 heavy (non-hydrogen) atoms. The second-order valence-corrected chi connectivity index (χ2v) is 10.8. The van der Waals surface area contributed by atoms with Crippen LogP contribution in [-0.2, 0) is 34.6 Å². The highest BCUT2D eigenvalue weighted by atomic mass is 19.4. The molecule has 5 nitrogen and oxygen atoms in total. The molecule has 1 aliphatic carbocycles. The number of carbonyl (C=O) groups excluding carboxylic acids is 2. The Labute approximate surface area is 235 Å². The number of anilines is 1. The predicted molar refractivity (Wildman–Crippen MR) is 132 cm³/mol. The normalized spacial score (nSPS) is 19.5. The summed E-state index contributed by atoms with van der Waals surface area (Å²) < 4.78 is 128. The van der Waals surface area contributed by atoms with Gasteiger partial charge in [0, 0.05) is 19.5 Å². The minimum atomic E-state index is -5.13. The van der Waals surface area contributed by atoms with Crippen LogP contribution in [0.1, 0.15) is 73.9 Å². The molecule has 230 valence electrons. The van der Waals surface area contributed by atoms with E-state index in [-0.39, 0.29) is 29.7 Å². The zero-order valence-electron chi connectivity index (χ0n) is 22.6. The molecule has 4 rings (SSSR count). The molecule has 1 heterocycles. The average molecular weight is 611 g/mol. The van der Waals surface area contributed by atoms with Crippen molar-refractivity contribution in [3.8, 4) is 0 Å². The van der Waals surface area contributed by atoms with Crippen LogP contribution in [0, 0.1) is 5.92 Å². The summed E-state index contributed by atoms with van der Waals surface area (Å²) in [6.07, 6.45) is -15.2. The van der Waals surface area contributed by atoms with Crippen LogP contribution in [0.3, 0.4) is 0 Å². The molecule has 1 aliphatic heterocycles. The van der Waals surface area contributed by atoms with Gasteiger partial charge in [0.15, 0.2) is 0 Å². The molecule has 1 fully saturated rings. The Morgan fingerprint density at radius 3 is 1.88 bits per heavy atom. The predicted octanol–water partition coefficient (Wildman–Crippen LogP) is 8.37. The summed E-state index contributed by atoms with van der Waals surface area (Å²) in [4.78, 5) is 28.3. The molecule has 0 radical (unpaired) electrons. The number of ether oxygens (including phenoxy) is 1. The molecule has 1 saturated carbocycles. The van der Waals surface area contributed by atoms with E-state index in [4.69, 9.17) is 4.74 Å². The number of alkyl halides is 9. The maximum absolute atomic E-state index is 13.7. The first-order valence-electron chi connectivity index (χ1n) is 13.0. The van der Waals surface area contributed by atoms with Crippen molar-refractivity contribution in [2.24, 2.45) is 5.92 Å². The first-order chi connectivity index (χ1) is 19.3. The van der Waals surface area contributed by atoms with E-state index in [0.717, 1.165) is 30.0 Å². The molecule has 14 heteroatoms. The molecule has 0 bridgehead atoms. The molecule has 2 aliphatic rings. The van der Waals surface area contributed by atoms with Crippen molar-refractivity contribution < 1.29 is 53.8 Å². The summed E-state index contributed by atoms with van der Waals surface area (Å²) in [7, 11) is 0. The molecular weight excluding hydrogens is 583 g/mol. The number of fused-ring (bicyclic) bond motifs is 1. The van der Waals surface area contributed by atoms with Crippen LogP contribution in [0.2, 0.25) is 0 Å². The fraction of sp³-hybridized carbons (Fsp3) is 0.500. The van der Waals surface area contributed by atoms with Crippen LogP contribution < -0.4 is 4.90 Å². The summed E-state index contributed by atoms with van der Waals surface area (Å²) in [5.74, 6) is -0.885. The topological polar surface area (TPSA) is 49.9 Å². The fourth-order valence-electron chi connectivity index (χ4n) is 5.28. The first-order valence-corrected chi connectivity index (χ1v) is 13.0. The molecule has 2 aromatic carbocycles. The fourth-order valence-corrected chi connectivity index (χ4v) is 5.28. The lowest BCUT2D eigenvalue weighted by Crippen LogP contribution is -2.50. The van der Waals surface area contributed by atoms with Crippen molar-refractivity contribution >= 4 is 17.7 Å². The molecule has 2 unspecified atom stereocenters. The maximum Gasteiger partial charge on any atom is 0.416 e. The Morgan fingerprint density at radius 1 is 0.881 bits per heavy atom. The van der Waals surface area contributed by atoms with Crippen molar-refractivity contribution in [1.29, 1.82) is 0 Å². The Bertz CT molecular complexity index is 1320. The van der Waals surface area contributed by atoms with Crippen molar-refractivity contribution in [2.75, 3.05) is 4.90 Å². The Balaban J connectivity index is 1.86. The lowest BCUT2D eigenvalue weighted by atomic mass is 9.86. The third kappa shape index (κ3) is 6.78. The molecule has 2 amide bonds. The van der Waals surface area contributed by atoms with Gasteiger partial charge in [-0.15, -0.1) is 0 Å². The van der Waals surface area contributed by atoms with E-state index in [9.17, 15) is 49.1 Å². The number of carbonyl (C=O) groups is 2. The molecular formula is C28H27F9N2O3. The molecule has 2 atom stereocenters. The van der Waals surface area contributed by atoms with Crippen LogP contribution in [-0.4, -0.2) is 29.0 Å². The van der Waals surface area contributed by atoms with E-state index in [1.165, 1.54) is 4.90 Å². The third-order valence-corrected chi connectivity index (χ3v) is 7.25. The summed E-state index contributed by atoms with van der Waals surface area (Å²) in [5.41, 5.74) is -4.88. The molecule has 0 aromatic heterocycles. The zero-order valence-corrected chi connectivity index (χ0v) is 22.6. The third-order valence-electron chi connectivity index (χ3n) is 7.25. The number of benzene rings is 2. The van der Waals surface area contributed by atoms with Gasteiger partial charge in [0.05, 0.1) is 34.5 Å². The second kappa shape index (κ2) is 11.0. The summed E-state index contributed by atoms with van der Waals surface area (Å²) in [5, 5.41) is 0. The lowest BCUT2D eigenvalue weighted by Gasteiger charge is -2.44. The SMILES string of the molecule is CC(=O)N(Cc1cc(C(F)(F)F)cc(C(F)(F)F)c1)C1CC(C2CC2)N(C(=O)OC(C)C)c2ccc(C(F)(F)F)cc21. The van der Waals surface area contributed by atoms with Gasteiger partial charge >= 0.3 is 24.6 Å². The van der Waals surface area contributed by atoms with Crippen LogP contribution in [0.25, 0.3) is 0 Å². The van der Waals surface area contributed by atoms with Gasteiger partial charge in [0.1, 0.15) is 0 Å². The van der Waals surface area contributed by atoms with Gasteiger partial charge in [-0.05, 0) is 86.6 Å². The summed E-state index contributed by atoms with van der Waals surface area (Å²) in [6, 6.07) is 1.66. The summed E-state index contributed by atoms with van der Waals surface area (Å²) >= 11 is 0. The van der Waals surface area contributed by atoms with Crippen molar-refractivity contribution in [3.05, 3.63) is 64.2 Å². The minimum Gasteiger partial charge on any atom is -0.446 e. The zero-order chi connectivity index (χ0) is 31.4. The standard InChI is InChI=1S/C28H27F9N2O3/c1-14(2)42-25(41)39-22-7-6-18(26(29,30)31)11-21(22)24(12-23(39)17-4-5-17)38(15(3)40)13-16-8-19(27(32,33)34)10-20(9-16)28(35,36)37/h6-11,14,17,23-24H,4-5,12-13H2,1-3H3. The highest BCUT2D eigenvalue weighted by Crippen LogP contribution is 2.50. The van der Waals surface area contributed by atoms with Gasteiger partial charge in [-0.2, -0.15) is 39.5 Å². The Morgan fingerprint density at radius 2 is 1.43 bits per heavy atom. The van der Waals surface area contributed by atoms with Gasteiger partial charge in [-0.25, -0.2) is 4.79 Å². The van der Waals surface area contributed by atoms with Gasteiger partial charge in [0.25, 0.3) is 0 Å². The molecule has 0 N–H and O–H groups in total. The van der Waals surface area contributed by atoms with Crippen LogP contribution in [0.4, 0.5) is 50.0 Å². The number of nitrogens with zero attached hydrogens (tertiary/aromatic N) is 2. The van der Waals surface area contributed by atoms with Gasteiger partial charge in [0.2, 0.25) is 5.91 Å². The van der Waals surface area contributed by atoms with Gasteiger partial charge in [-0.3, -0.25) is 9.69 Å². The monoisotopic (exact) mass is 610 g/mol. The Kier molecular flexibility index (Phi) is 8.24. The lowest BCUT2D eigenvalue weighted by molar-refractivity contribution is -0.143. The number of hydrogen-bond acceptors (Lipinski definition) is 3. The van der Waals surface area contributed by atoms with Gasteiger partial charge < -0.3 is 9.64 Å². The number of amides is 2. The van der Waals surface area contributed by atoms with E-state index >= 15 is 0 Å². The van der Waals surface area contributed by atoms with E-state index in [0.29, 0.717) is 25.0 Å². The quantitative estimate of drug-likeness (QED) is 0.320. The number of rotatable bonds is 5. The average Bonchev–Trinajstić information content (AvgIpc) is 3.69. The van der Waals surface area contributed by atoms with E-state index < -0.39 is 77.5 Å². The molecule has 2 aromatic rings. The summed E-state index contributed by atoms with van der Waals surface area (Å²) in [6.45, 7) is 3.45. The van der Waals surface area contributed by atoms with E-state index in [1.54, 1.807) is 13.8 Å². The maximum atomic E-state index is 13.7. The molecule has 0 spiro atoms. The second-order valence-electron chi connectivity index (χ2n) is 10.8. The van der Waals surface area contributed by atoms with Crippen molar-refractivity contribution in [2.45, 2.75) is 83.3 Å². The van der Waals surface area contributed by atoms with Crippen LogP contribution in [0.15, 0.2) is 36.4 Å². The van der Waals surface area contributed by atoms with E-state index in [1.807, 2.05) is 0 Å².